The van der Waals surface area contributed by atoms with Crippen LogP contribution in [0, 0.1) is 11.8 Å². The van der Waals surface area contributed by atoms with Crippen molar-refractivity contribution in [3.05, 3.63) is 188 Å². The number of anilines is 2. The molecule has 6 aliphatic rings. The molecule has 2 aliphatic heterocycles. The van der Waals surface area contributed by atoms with Gasteiger partial charge < -0.3 is 0 Å². The normalized spacial score (nSPS) is 26.4. The van der Waals surface area contributed by atoms with E-state index in [1.807, 2.05) is 48.5 Å². The van der Waals surface area contributed by atoms with Crippen LogP contribution in [-0.4, -0.2) is 28.6 Å². The van der Waals surface area contributed by atoms with Crippen LogP contribution in [0.15, 0.2) is 164 Å². The minimum atomic E-state index is -3.99. The molecule has 0 N–H and O–H groups in total. The summed E-state index contributed by atoms with van der Waals surface area (Å²) in [5, 5.41) is 0. The van der Waals surface area contributed by atoms with Gasteiger partial charge in [-0.25, -0.2) is 25.4 Å². The zero-order chi connectivity index (χ0) is 39.9. The Labute approximate surface area is 352 Å². The molecule has 0 saturated heterocycles. The number of carbonyl (C=O) groups excluding carboxylic acids is 2. The van der Waals surface area contributed by atoms with E-state index < -0.39 is 30.9 Å². The van der Waals surface area contributed by atoms with Gasteiger partial charge in [0.05, 0.1) is 32.0 Å². The van der Waals surface area contributed by atoms with Crippen molar-refractivity contribution in [1.29, 1.82) is 0 Å². The summed E-state index contributed by atoms with van der Waals surface area (Å²) in [5.41, 5.74) is 6.07. The lowest BCUT2D eigenvalue weighted by Crippen LogP contribution is -2.39. The third-order valence-electron chi connectivity index (χ3n) is 13.3. The summed E-state index contributed by atoms with van der Waals surface area (Å²) in [6.07, 6.45) is 1.63. The number of fused-ring (bicyclic) bond motifs is 14. The van der Waals surface area contributed by atoms with E-state index in [0.717, 1.165) is 41.5 Å². The number of hydrogen-bond acceptors (Lipinski definition) is 6. The number of rotatable bonds is 4. The molecule has 6 atom stereocenters. The fraction of sp³-hybridized carbons (Fsp3) is 0.174. The van der Waals surface area contributed by atoms with Crippen molar-refractivity contribution in [2.24, 2.45) is 11.8 Å². The maximum absolute atomic E-state index is 13.8. The summed E-state index contributed by atoms with van der Waals surface area (Å²) in [5.74, 6) is -0.274. The molecule has 6 aromatic carbocycles. The highest BCUT2D eigenvalue weighted by atomic mass is 79.9. The monoisotopic (exact) mass is 930 g/mol. The minimum absolute atomic E-state index is 0.0532. The quantitative estimate of drug-likeness (QED) is 0.175. The molecule has 0 radical (unpaired) electrons. The van der Waals surface area contributed by atoms with Crippen molar-refractivity contribution in [3.8, 4) is 0 Å². The molecule has 2 spiro atoms. The molecule has 6 aromatic rings. The van der Waals surface area contributed by atoms with Gasteiger partial charge in [-0.05, 0) is 119 Å². The highest BCUT2D eigenvalue weighted by Crippen LogP contribution is 2.76. The third-order valence-corrected chi connectivity index (χ3v) is 17.8. The lowest BCUT2D eigenvalue weighted by molar-refractivity contribution is -0.120. The predicted octanol–water partition coefficient (Wildman–Crippen LogP) is 8.78. The summed E-state index contributed by atoms with van der Waals surface area (Å²) in [4.78, 5) is 27.8. The number of sulfonamides is 2. The van der Waals surface area contributed by atoms with Gasteiger partial charge in [0, 0.05) is 20.8 Å². The molecule has 288 valence electrons. The summed E-state index contributed by atoms with van der Waals surface area (Å²) in [6, 6.07) is 44.0. The van der Waals surface area contributed by atoms with Crippen LogP contribution >= 0.6 is 31.9 Å². The average molecular weight is 933 g/mol. The van der Waals surface area contributed by atoms with E-state index in [9.17, 15) is 26.4 Å². The SMILES string of the molecule is O=C1N(S(=O)(=O)c2ccc(Br)cc2)c2ccccc2[C@@]12[C@@H]1Cc3ccccc3[C@@H]12.O=C1N(S(=O)(=O)c2ccc(Br)cc2)c2ccccc2[C@@]12[C@@H]1Cc3ccccc3[C@@H]12. The number of carbonyl (C=O) groups is 2. The van der Waals surface area contributed by atoms with Crippen LogP contribution in [0.4, 0.5) is 11.4 Å². The molecule has 2 fully saturated rings. The van der Waals surface area contributed by atoms with Crippen molar-refractivity contribution in [1.82, 2.24) is 0 Å². The highest BCUT2D eigenvalue weighted by molar-refractivity contribution is 9.10. The zero-order valence-corrected chi connectivity index (χ0v) is 35.3. The Kier molecular flexibility index (Phi) is 7.70. The average Bonchev–Trinajstić information content (AvgIpc) is 3.76. The van der Waals surface area contributed by atoms with Crippen molar-refractivity contribution in [3.63, 3.8) is 0 Å². The van der Waals surface area contributed by atoms with E-state index >= 15 is 0 Å². The van der Waals surface area contributed by atoms with E-state index in [1.165, 1.54) is 46.5 Å². The second kappa shape index (κ2) is 12.3. The number of halogens is 2. The smallest absolute Gasteiger partial charge is 0.270 e. The van der Waals surface area contributed by atoms with Gasteiger partial charge in [-0.1, -0.05) is 117 Å². The molecule has 12 heteroatoms. The van der Waals surface area contributed by atoms with Crippen LogP contribution in [0.3, 0.4) is 0 Å². The largest absolute Gasteiger partial charge is 0.272 e. The first-order valence-corrected chi connectivity index (χ1v) is 23.5. The second-order valence-electron chi connectivity index (χ2n) is 15.8. The Bertz CT molecular complexity index is 2810. The van der Waals surface area contributed by atoms with Crippen molar-refractivity contribution in [2.45, 2.75) is 45.3 Å². The fourth-order valence-electron chi connectivity index (χ4n) is 10.9. The molecule has 0 aromatic heterocycles. The summed E-state index contributed by atoms with van der Waals surface area (Å²) in [6.45, 7) is 0. The Balaban J connectivity index is 0.000000133. The molecular formula is C46H32Br2N2O6S2. The van der Waals surface area contributed by atoms with Crippen molar-refractivity contribution < 1.29 is 26.4 Å². The lowest BCUT2D eigenvalue weighted by Gasteiger charge is -2.19. The predicted molar refractivity (Wildman–Crippen MR) is 227 cm³/mol. The molecule has 2 saturated carbocycles. The lowest BCUT2D eigenvalue weighted by atomic mass is 9.86. The van der Waals surface area contributed by atoms with Gasteiger partial charge in [-0.3, -0.25) is 9.59 Å². The standard InChI is InChI=1S/2C23H16BrNO3S/c2*24-15-9-11-16(12-10-15)29(27,28)25-20-8-4-3-7-18(20)23(22(25)26)19-13-14-5-1-2-6-17(14)21(19)23/h2*1-12,19,21H,13H2/t2*19-,21+,23+/m11/s1. The van der Waals surface area contributed by atoms with Crippen LogP contribution in [0.1, 0.15) is 45.2 Å². The van der Waals surface area contributed by atoms with Gasteiger partial charge in [0.15, 0.2) is 0 Å². The van der Waals surface area contributed by atoms with Crippen molar-refractivity contribution >= 4 is 75.1 Å². The maximum atomic E-state index is 13.8. The van der Waals surface area contributed by atoms with Gasteiger partial charge in [-0.2, -0.15) is 0 Å². The second-order valence-corrected chi connectivity index (χ2v) is 21.2. The van der Waals surface area contributed by atoms with Gasteiger partial charge in [-0.15, -0.1) is 0 Å². The molecule has 4 aliphatic carbocycles. The third kappa shape index (κ3) is 4.60. The van der Waals surface area contributed by atoms with E-state index in [0.29, 0.717) is 11.4 Å². The molecule has 58 heavy (non-hydrogen) atoms. The number of nitrogens with zero attached hydrogens (tertiary/aromatic N) is 2. The van der Waals surface area contributed by atoms with Crippen LogP contribution in [0.5, 0.6) is 0 Å². The molecule has 2 amide bonds. The highest BCUT2D eigenvalue weighted by Gasteiger charge is 2.79. The molecule has 2 heterocycles. The molecule has 12 rings (SSSR count). The Morgan fingerprint density at radius 1 is 0.466 bits per heavy atom. The van der Waals surface area contributed by atoms with Crippen LogP contribution in [0.25, 0.3) is 0 Å². The van der Waals surface area contributed by atoms with Crippen LogP contribution < -0.4 is 8.61 Å². The van der Waals surface area contributed by atoms with E-state index in [-0.39, 0.29) is 45.3 Å². The topological polar surface area (TPSA) is 109 Å². The van der Waals surface area contributed by atoms with Gasteiger partial charge in [0.25, 0.3) is 31.9 Å². The number of hydrogen-bond donors (Lipinski definition) is 0. The molecule has 8 nitrogen and oxygen atoms in total. The summed E-state index contributed by atoms with van der Waals surface area (Å²) < 4.78 is 57.6. The maximum Gasteiger partial charge on any atom is 0.270 e. The summed E-state index contributed by atoms with van der Waals surface area (Å²) >= 11 is 6.67. The minimum Gasteiger partial charge on any atom is -0.272 e. The van der Waals surface area contributed by atoms with Gasteiger partial charge in [0.2, 0.25) is 0 Å². The van der Waals surface area contributed by atoms with Gasteiger partial charge >= 0.3 is 0 Å². The first kappa shape index (κ1) is 36.2. The Morgan fingerprint density at radius 2 is 0.810 bits per heavy atom. The molecule has 0 bridgehead atoms. The van der Waals surface area contributed by atoms with Crippen LogP contribution in [0.2, 0.25) is 0 Å². The number of para-hydroxylation sites is 2. The zero-order valence-electron chi connectivity index (χ0n) is 30.5. The Hall–Kier alpha value is -4.88. The van der Waals surface area contributed by atoms with E-state index in [4.69, 9.17) is 0 Å². The number of amides is 2. The fourth-order valence-corrected chi connectivity index (χ4v) is 14.4. The van der Waals surface area contributed by atoms with Gasteiger partial charge in [0.1, 0.15) is 0 Å². The number of benzene rings is 6. The van der Waals surface area contributed by atoms with E-state index in [1.54, 1.807) is 48.5 Å². The Morgan fingerprint density at radius 3 is 1.21 bits per heavy atom. The molecule has 0 unspecified atom stereocenters. The van der Waals surface area contributed by atoms with E-state index in [2.05, 4.69) is 56.1 Å². The first-order valence-electron chi connectivity index (χ1n) is 19.0. The molecular weight excluding hydrogens is 900 g/mol. The van der Waals surface area contributed by atoms with Crippen molar-refractivity contribution in [2.75, 3.05) is 8.61 Å². The first-order chi connectivity index (χ1) is 27.9. The van der Waals surface area contributed by atoms with Crippen LogP contribution in [-0.2, 0) is 53.3 Å². The summed E-state index contributed by atoms with van der Waals surface area (Å²) in [7, 11) is -7.99.